The van der Waals surface area contributed by atoms with E-state index in [0.717, 1.165) is 167 Å². The topological polar surface area (TPSA) is 42.6 Å². The molecule has 6 nitrogen and oxygen atoms in total. The third-order valence-corrected chi connectivity index (χ3v) is 29.7. The number of aromatic nitrogens is 2. The van der Waals surface area contributed by atoms with E-state index in [2.05, 4.69) is 577 Å². The lowest BCUT2D eigenvalue weighted by atomic mass is 9.96. The molecule has 0 radical (unpaired) electrons. The summed E-state index contributed by atoms with van der Waals surface area (Å²) in [6, 6.07) is 210. The molecule has 0 aliphatic carbocycles. The summed E-state index contributed by atoms with van der Waals surface area (Å²) in [7, 11) is 0. The van der Waals surface area contributed by atoms with Crippen molar-refractivity contribution < 1.29 is 8.83 Å². The normalized spacial score (nSPS) is 11.5. The van der Waals surface area contributed by atoms with Crippen LogP contribution in [0.5, 0.6) is 0 Å². The van der Waals surface area contributed by atoms with Gasteiger partial charge >= 0.3 is 0 Å². The van der Waals surface area contributed by atoms with Crippen molar-refractivity contribution in [3.63, 3.8) is 0 Å². The minimum Gasteiger partial charge on any atom is -0.455 e. The standard InChI is InChI=1S/2C72H48N2O/c1-2-16-49(17-3-1)50-32-36-54(37-33-50)60-20-4-9-27-67(60)73(59-46-42-53(43-47-59)56-18-14-19-57(48-56)62-25-15-26-66-65-24-8-13-31-71(65)75-72(62)66)58-44-40-52(41-45-58)51-34-38-55(39-35-51)61-21-5-10-28-68(61)74-69-29-11-6-22-63(69)64-23-7-12-30-70(64)74;1-2-15-49(16-3-1)50-31-33-53(34-32-50)57-18-13-20-61(48-57)73(60-45-41-54(42-46-60)56-17-12-19-58(47-56)63-25-14-26-67-66-24-7-11-30-71(66)75-72(63)67)59-43-39-52(40-44-59)51-35-37-55(38-36-51)62-21-4-8-27-68(62)74-69-28-9-5-22-64(69)65-23-6-10-29-70(65)74/h2*1-48H. The highest BCUT2D eigenvalue weighted by atomic mass is 16.3. The number of benzene rings is 24. The molecule has 4 heterocycles. The minimum absolute atomic E-state index is 0.903. The Morgan fingerprint density at radius 3 is 0.753 bits per heavy atom. The predicted octanol–water partition coefficient (Wildman–Crippen LogP) is 40.3. The molecule has 6 heteroatoms. The Morgan fingerprint density at radius 2 is 0.373 bits per heavy atom. The molecule has 28 aromatic rings. The summed E-state index contributed by atoms with van der Waals surface area (Å²) in [5.74, 6) is 0. The molecule has 150 heavy (non-hydrogen) atoms. The molecule has 0 saturated carbocycles. The molecular formula is C144H96N4O2. The minimum atomic E-state index is 0.903. The SMILES string of the molecule is c1ccc(-c2ccc(-c3cccc(N(c4ccc(-c5ccc(-c6ccccc6-n6c7ccccc7c7ccccc76)cc5)cc4)c4ccc(-c5cccc(-c6cccc7c6oc6ccccc67)c5)cc4)c3)cc2)cc1.c1ccc(-c2ccc(-c3ccccc3N(c3ccc(-c4ccc(-c5ccccc5-n5c6ccccc6c6ccccc65)cc4)cc3)c3ccc(-c4cccc(-c5cccc6c5oc5ccccc56)c4)cc3)cc2)cc1. The average Bonchev–Trinajstić information content (AvgIpc) is 1.60. The van der Waals surface area contributed by atoms with Crippen LogP contribution in [-0.2, 0) is 0 Å². The van der Waals surface area contributed by atoms with E-state index in [1.165, 1.54) is 99.4 Å². The third-order valence-electron chi connectivity index (χ3n) is 29.7. The zero-order chi connectivity index (χ0) is 99.3. The Labute approximate surface area is 870 Å². The lowest BCUT2D eigenvalue weighted by Gasteiger charge is -2.28. The van der Waals surface area contributed by atoms with Crippen LogP contribution in [0, 0.1) is 0 Å². The maximum absolute atomic E-state index is 6.46. The van der Waals surface area contributed by atoms with Crippen molar-refractivity contribution in [3.8, 4) is 145 Å². The second-order valence-corrected chi connectivity index (χ2v) is 38.5. The van der Waals surface area contributed by atoms with Crippen LogP contribution in [0.1, 0.15) is 0 Å². The van der Waals surface area contributed by atoms with Gasteiger partial charge in [0.25, 0.3) is 0 Å². The Bertz CT molecular complexity index is 9790. The summed E-state index contributed by atoms with van der Waals surface area (Å²) in [6.45, 7) is 0. The first-order valence-corrected chi connectivity index (χ1v) is 51.3. The van der Waals surface area contributed by atoms with E-state index in [1.807, 2.05) is 24.3 Å². The maximum atomic E-state index is 6.46. The van der Waals surface area contributed by atoms with E-state index in [4.69, 9.17) is 8.83 Å². The van der Waals surface area contributed by atoms with E-state index in [9.17, 15) is 0 Å². The summed E-state index contributed by atoms with van der Waals surface area (Å²) in [4.78, 5) is 4.75. The van der Waals surface area contributed by atoms with Gasteiger partial charge in [0.15, 0.2) is 0 Å². The largest absolute Gasteiger partial charge is 0.455 e. The van der Waals surface area contributed by atoms with E-state index >= 15 is 0 Å². The van der Waals surface area contributed by atoms with E-state index in [-0.39, 0.29) is 0 Å². The molecule has 0 N–H and O–H groups in total. The molecule has 704 valence electrons. The van der Waals surface area contributed by atoms with Crippen LogP contribution in [0.3, 0.4) is 0 Å². The van der Waals surface area contributed by atoms with E-state index < -0.39 is 0 Å². The molecule has 0 amide bonds. The fourth-order valence-corrected chi connectivity index (χ4v) is 22.3. The molecule has 0 aliphatic heterocycles. The zero-order valence-electron chi connectivity index (χ0n) is 82.0. The molecule has 0 spiro atoms. The van der Waals surface area contributed by atoms with Gasteiger partial charge in [-0.25, -0.2) is 0 Å². The summed E-state index contributed by atoms with van der Waals surface area (Å²) in [6.07, 6.45) is 0. The number of fused-ring (bicyclic) bond motifs is 12. The third kappa shape index (κ3) is 16.6. The second-order valence-electron chi connectivity index (χ2n) is 38.5. The zero-order valence-corrected chi connectivity index (χ0v) is 82.0. The van der Waals surface area contributed by atoms with Crippen LogP contribution in [0.15, 0.2) is 591 Å². The number of hydrogen-bond acceptors (Lipinski definition) is 4. The lowest BCUT2D eigenvalue weighted by Crippen LogP contribution is -2.11. The van der Waals surface area contributed by atoms with Gasteiger partial charge in [-0.2, -0.15) is 0 Å². The first kappa shape index (κ1) is 89.0. The van der Waals surface area contributed by atoms with Crippen LogP contribution >= 0.6 is 0 Å². The van der Waals surface area contributed by atoms with Crippen LogP contribution < -0.4 is 9.80 Å². The van der Waals surface area contributed by atoms with Crippen molar-refractivity contribution in [1.82, 2.24) is 9.13 Å². The maximum Gasteiger partial charge on any atom is 0.143 e. The number of nitrogens with zero attached hydrogens (tertiary/aromatic N) is 4. The molecule has 4 aromatic heterocycles. The molecule has 0 atom stereocenters. The number of rotatable bonds is 20. The second kappa shape index (κ2) is 38.6. The van der Waals surface area contributed by atoms with Crippen LogP contribution in [0.4, 0.5) is 34.1 Å². The molecule has 28 rings (SSSR count). The highest BCUT2D eigenvalue weighted by Gasteiger charge is 2.25. The molecule has 0 aliphatic rings. The Balaban J connectivity index is 0.000000148. The number of para-hydroxylation sites is 11. The van der Waals surface area contributed by atoms with Crippen molar-refractivity contribution in [1.29, 1.82) is 0 Å². The Hall–Kier alpha value is -19.9. The van der Waals surface area contributed by atoms with Crippen molar-refractivity contribution in [2.75, 3.05) is 9.80 Å². The fraction of sp³-hybridized carbons (Fsp3) is 0. The molecule has 0 fully saturated rings. The smallest absolute Gasteiger partial charge is 0.143 e. The van der Waals surface area contributed by atoms with Gasteiger partial charge in [-0.15, -0.1) is 0 Å². The van der Waals surface area contributed by atoms with Gasteiger partial charge in [0.05, 0.1) is 39.1 Å². The summed E-state index contributed by atoms with van der Waals surface area (Å²) >= 11 is 0. The molecule has 24 aromatic carbocycles. The Morgan fingerprint density at radius 1 is 0.133 bits per heavy atom. The van der Waals surface area contributed by atoms with Crippen molar-refractivity contribution in [2.45, 2.75) is 0 Å². The molecule has 0 unspecified atom stereocenters. The van der Waals surface area contributed by atoms with Crippen molar-refractivity contribution in [3.05, 3.63) is 582 Å². The number of furan rings is 2. The van der Waals surface area contributed by atoms with Crippen molar-refractivity contribution in [2.24, 2.45) is 0 Å². The van der Waals surface area contributed by atoms with Gasteiger partial charge in [0.2, 0.25) is 0 Å². The molecule has 0 saturated heterocycles. The highest BCUT2D eigenvalue weighted by Crippen LogP contribution is 2.49. The predicted molar refractivity (Wildman–Crippen MR) is 631 cm³/mol. The van der Waals surface area contributed by atoms with Gasteiger partial charge in [0.1, 0.15) is 22.3 Å². The number of hydrogen-bond donors (Lipinski definition) is 0. The van der Waals surface area contributed by atoms with Gasteiger partial charge in [0, 0.05) is 99.3 Å². The van der Waals surface area contributed by atoms with Crippen molar-refractivity contribution >= 4 is 122 Å². The quantitative estimate of drug-likeness (QED) is 0.0763. The first-order valence-electron chi connectivity index (χ1n) is 51.3. The van der Waals surface area contributed by atoms with E-state index in [0.29, 0.717) is 0 Å². The summed E-state index contributed by atoms with van der Waals surface area (Å²) in [5, 5.41) is 9.56. The lowest BCUT2D eigenvalue weighted by molar-refractivity contribution is 0.669. The average molecular weight is 1910 g/mol. The molecular weight excluding hydrogens is 1820 g/mol. The highest BCUT2D eigenvalue weighted by molar-refractivity contribution is 6.14. The van der Waals surface area contributed by atoms with Gasteiger partial charge < -0.3 is 27.8 Å². The summed E-state index contributed by atoms with van der Waals surface area (Å²) < 4.78 is 17.7. The van der Waals surface area contributed by atoms with Gasteiger partial charge in [-0.05, 0) is 233 Å². The fourth-order valence-electron chi connectivity index (χ4n) is 22.3. The van der Waals surface area contributed by atoms with E-state index in [1.54, 1.807) is 0 Å². The Kier molecular flexibility index (Phi) is 22.9. The first-order chi connectivity index (χ1) is 74.4. The van der Waals surface area contributed by atoms with Crippen LogP contribution in [0.2, 0.25) is 0 Å². The monoisotopic (exact) mass is 1910 g/mol. The van der Waals surface area contributed by atoms with Gasteiger partial charge in [-0.3, -0.25) is 0 Å². The number of anilines is 6. The van der Waals surface area contributed by atoms with Crippen LogP contribution in [-0.4, -0.2) is 9.13 Å². The van der Waals surface area contributed by atoms with Crippen LogP contribution in [0.25, 0.3) is 232 Å². The van der Waals surface area contributed by atoms with Gasteiger partial charge in [-0.1, -0.05) is 455 Å². The summed E-state index contributed by atoms with van der Waals surface area (Å²) in [5.41, 5.74) is 45.0. The molecule has 0 bridgehead atoms.